The minimum absolute atomic E-state index is 0.114. The molecular formula is C21H26N2O3. The van der Waals surface area contributed by atoms with Crippen LogP contribution in [-0.2, 0) is 16.9 Å². The molecule has 0 spiro atoms. The van der Waals surface area contributed by atoms with Gasteiger partial charge in [0.25, 0.3) is 0 Å². The zero-order valence-corrected chi connectivity index (χ0v) is 15.2. The number of hydrogen-bond acceptors (Lipinski definition) is 4. The van der Waals surface area contributed by atoms with Crippen LogP contribution in [0.25, 0.3) is 10.9 Å². The molecule has 0 bridgehead atoms. The summed E-state index contributed by atoms with van der Waals surface area (Å²) in [6.07, 6.45) is 4.39. The van der Waals surface area contributed by atoms with E-state index in [2.05, 4.69) is 17.9 Å². The number of para-hydroxylation sites is 1. The Morgan fingerprint density at radius 3 is 2.88 bits per heavy atom. The van der Waals surface area contributed by atoms with Gasteiger partial charge in [0.15, 0.2) is 0 Å². The lowest BCUT2D eigenvalue weighted by molar-refractivity contribution is -0.173. The first kappa shape index (κ1) is 16.5. The van der Waals surface area contributed by atoms with Crippen LogP contribution in [0.3, 0.4) is 0 Å². The lowest BCUT2D eigenvalue weighted by Crippen LogP contribution is -2.60. The van der Waals surface area contributed by atoms with Gasteiger partial charge in [0.05, 0.1) is 11.6 Å². The first-order valence-corrected chi connectivity index (χ1v) is 9.79. The number of Topliss-reactive ketones (excluding diaryl/α,β-unsaturated/α-hetero) is 1. The largest absolute Gasteiger partial charge is 0.388 e. The van der Waals surface area contributed by atoms with Crippen LogP contribution in [0.1, 0.15) is 49.9 Å². The summed E-state index contributed by atoms with van der Waals surface area (Å²) in [5.41, 5.74) is 1.55. The van der Waals surface area contributed by atoms with Gasteiger partial charge in [-0.15, -0.1) is 0 Å². The highest BCUT2D eigenvalue weighted by molar-refractivity contribution is 5.92. The summed E-state index contributed by atoms with van der Waals surface area (Å²) >= 11 is 0. The average molecular weight is 354 g/mol. The summed E-state index contributed by atoms with van der Waals surface area (Å²) in [7, 11) is 0. The summed E-state index contributed by atoms with van der Waals surface area (Å²) in [5, 5.41) is 22.5. The van der Waals surface area contributed by atoms with Crippen LogP contribution >= 0.6 is 0 Å². The van der Waals surface area contributed by atoms with Gasteiger partial charge < -0.3 is 14.8 Å². The molecule has 138 valence electrons. The highest BCUT2D eigenvalue weighted by Gasteiger charge is 2.59. The summed E-state index contributed by atoms with van der Waals surface area (Å²) in [5.74, 6) is -0.491. The second kappa shape index (κ2) is 5.41. The van der Waals surface area contributed by atoms with Crippen molar-refractivity contribution in [3.05, 3.63) is 35.5 Å². The van der Waals surface area contributed by atoms with E-state index in [1.165, 1.54) is 5.56 Å². The highest BCUT2D eigenvalue weighted by Crippen LogP contribution is 2.60. The lowest BCUT2D eigenvalue weighted by atomic mass is 9.61. The monoisotopic (exact) mass is 354 g/mol. The Morgan fingerprint density at radius 2 is 2.12 bits per heavy atom. The third kappa shape index (κ3) is 1.83. The van der Waals surface area contributed by atoms with Gasteiger partial charge in [-0.05, 0) is 49.3 Å². The molecule has 3 aliphatic heterocycles. The van der Waals surface area contributed by atoms with Gasteiger partial charge in [0, 0.05) is 24.0 Å². The second-order valence-corrected chi connectivity index (χ2v) is 8.30. The smallest absolute Gasteiger partial charge is 0.210 e. The van der Waals surface area contributed by atoms with Crippen LogP contribution in [0, 0.1) is 5.41 Å². The molecule has 4 heterocycles. The minimum atomic E-state index is -1.66. The number of aromatic nitrogens is 1. The van der Waals surface area contributed by atoms with Crippen molar-refractivity contribution in [2.75, 3.05) is 19.7 Å². The molecule has 3 aliphatic rings. The zero-order chi connectivity index (χ0) is 18.1. The van der Waals surface area contributed by atoms with Crippen molar-refractivity contribution in [3.8, 4) is 0 Å². The molecule has 5 rings (SSSR count). The Morgan fingerprint density at radius 1 is 1.31 bits per heavy atom. The van der Waals surface area contributed by atoms with E-state index in [1.54, 1.807) is 0 Å². The quantitative estimate of drug-likeness (QED) is 0.888. The maximum Gasteiger partial charge on any atom is 0.210 e. The summed E-state index contributed by atoms with van der Waals surface area (Å²) in [6, 6.07) is 8.34. The van der Waals surface area contributed by atoms with Gasteiger partial charge in [-0.3, -0.25) is 9.69 Å². The van der Waals surface area contributed by atoms with Crippen LogP contribution in [0.15, 0.2) is 24.3 Å². The van der Waals surface area contributed by atoms with Gasteiger partial charge in [-0.2, -0.15) is 0 Å². The highest BCUT2D eigenvalue weighted by atomic mass is 16.3. The number of fused-ring (bicyclic) bond motifs is 3. The summed E-state index contributed by atoms with van der Waals surface area (Å²) < 4.78 is 1.88. The molecule has 0 unspecified atom stereocenters. The molecule has 0 amide bonds. The van der Waals surface area contributed by atoms with Crippen LogP contribution in [0.4, 0.5) is 0 Å². The predicted octanol–water partition coefficient (Wildman–Crippen LogP) is 2.34. The van der Waals surface area contributed by atoms with Crippen molar-refractivity contribution in [1.29, 1.82) is 0 Å². The molecule has 2 N–H and O–H groups in total. The summed E-state index contributed by atoms with van der Waals surface area (Å²) in [6.45, 7) is 3.67. The number of benzene rings is 1. The Labute approximate surface area is 153 Å². The molecular weight excluding hydrogens is 328 g/mol. The first-order valence-electron chi connectivity index (χ1n) is 9.79. The lowest BCUT2D eigenvalue weighted by Gasteiger charge is -2.58. The third-order valence-corrected chi connectivity index (χ3v) is 7.26. The third-order valence-electron chi connectivity index (χ3n) is 7.26. The maximum absolute atomic E-state index is 12.8. The van der Waals surface area contributed by atoms with E-state index in [0.717, 1.165) is 55.4 Å². The number of hydrogen-bond donors (Lipinski definition) is 2. The number of aliphatic hydroxyl groups excluding tert-OH is 1. The zero-order valence-electron chi connectivity index (χ0n) is 15.2. The fourth-order valence-electron chi connectivity index (χ4n) is 6.12. The number of carbonyl (C=O) groups excluding carboxylic acids is 1. The van der Waals surface area contributed by atoms with Crippen molar-refractivity contribution in [2.24, 2.45) is 5.41 Å². The number of carbonyl (C=O) groups is 1. The first-order chi connectivity index (χ1) is 12.6. The van der Waals surface area contributed by atoms with Gasteiger partial charge in [-0.25, -0.2) is 0 Å². The van der Waals surface area contributed by atoms with E-state index in [4.69, 9.17) is 0 Å². The maximum atomic E-state index is 12.8. The van der Waals surface area contributed by atoms with E-state index in [1.807, 2.05) is 22.8 Å². The molecule has 0 aliphatic carbocycles. The van der Waals surface area contributed by atoms with Crippen LogP contribution in [-0.4, -0.2) is 45.2 Å². The van der Waals surface area contributed by atoms with Crippen LogP contribution in [0.5, 0.6) is 0 Å². The average Bonchev–Trinajstić information content (AvgIpc) is 3.02. The fraction of sp³-hybridized carbons (Fsp3) is 0.571. The van der Waals surface area contributed by atoms with Gasteiger partial charge in [0.2, 0.25) is 11.5 Å². The molecule has 5 nitrogen and oxygen atoms in total. The summed E-state index contributed by atoms with van der Waals surface area (Å²) in [4.78, 5) is 15.4. The van der Waals surface area contributed by atoms with E-state index >= 15 is 0 Å². The Bertz CT molecular complexity index is 904. The van der Waals surface area contributed by atoms with Gasteiger partial charge in [0.1, 0.15) is 6.61 Å². The van der Waals surface area contributed by atoms with E-state index < -0.39 is 18.1 Å². The van der Waals surface area contributed by atoms with Crippen molar-refractivity contribution in [2.45, 2.75) is 50.8 Å². The molecule has 0 radical (unpaired) electrons. The number of nitrogens with zero attached hydrogens (tertiary/aromatic N) is 2. The van der Waals surface area contributed by atoms with Crippen molar-refractivity contribution in [1.82, 2.24) is 9.47 Å². The molecule has 1 aromatic heterocycles. The molecule has 3 atom stereocenters. The van der Waals surface area contributed by atoms with E-state index in [-0.39, 0.29) is 11.5 Å². The number of aliphatic hydroxyl groups is 2. The van der Waals surface area contributed by atoms with Crippen molar-refractivity contribution < 1.29 is 15.0 Å². The predicted molar refractivity (Wildman–Crippen MR) is 98.8 cm³/mol. The number of rotatable bonds is 3. The topological polar surface area (TPSA) is 65.7 Å². The molecule has 1 fully saturated rings. The number of ketones is 1. The molecule has 0 saturated carbocycles. The SMILES string of the molecule is CC[C@]12CCCN3CCc4c(n(c5ccccc45)[C@@](O)(C(=O)CO)C1)[C@@H]32. The number of piperidine rings is 1. The molecule has 1 aromatic carbocycles. The standard InChI is InChI=1S/C21H26N2O3/c1-2-20-9-5-10-22-11-8-15-14-6-3-4-7-16(14)23(18(15)19(20)22)21(26,13-20)17(25)12-24/h3-4,6-7,19,24,26H,2,5,8-13H2,1H3/t19-,20+,21+/m1/s1. The molecule has 2 aromatic rings. The van der Waals surface area contributed by atoms with Crippen LogP contribution < -0.4 is 0 Å². The minimum Gasteiger partial charge on any atom is -0.388 e. The van der Waals surface area contributed by atoms with Gasteiger partial charge in [-0.1, -0.05) is 25.1 Å². The van der Waals surface area contributed by atoms with E-state index in [0.29, 0.717) is 6.42 Å². The molecule has 1 saturated heterocycles. The van der Waals surface area contributed by atoms with Gasteiger partial charge >= 0.3 is 0 Å². The van der Waals surface area contributed by atoms with Crippen molar-refractivity contribution >= 4 is 16.7 Å². The van der Waals surface area contributed by atoms with E-state index in [9.17, 15) is 15.0 Å². The Balaban J connectivity index is 1.89. The molecule has 26 heavy (non-hydrogen) atoms. The fourth-order valence-corrected chi connectivity index (χ4v) is 6.12. The van der Waals surface area contributed by atoms with Crippen molar-refractivity contribution in [3.63, 3.8) is 0 Å². The normalized spacial score (nSPS) is 33.3. The Hall–Kier alpha value is -1.69. The Kier molecular flexibility index (Phi) is 3.43. The second-order valence-electron chi connectivity index (χ2n) is 8.30. The molecule has 5 heteroatoms. The van der Waals surface area contributed by atoms with Crippen LogP contribution in [0.2, 0.25) is 0 Å².